The average molecular weight is 285 g/mol. The van der Waals surface area contributed by atoms with E-state index in [1.807, 2.05) is 10.9 Å². The van der Waals surface area contributed by atoms with Crippen LogP contribution in [-0.4, -0.2) is 15.3 Å². The van der Waals surface area contributed by atoms with Crippen molar-refractivity contribution >= 4 is 0 Å². The zero-order valence-corrected chi connectivity index (χ0v) is 13.7. The lowest BCUT2D eigenvalue weighted by Crippen LogP contribution is -2.35. The van der Waals surface area contributed by atoms with Crippen molar-refractivity contribution in [3.63, 3.8) is 0 Å². The van der Waals surface area contributed by atoms with E-state index in [0.717, 1.165) is 24.3 Å². The Labute approximate surface area is 128 Å². The summed E-state index contributed by atoms with van der Waals surface area (Å²) in [6.45, 7) is 9.52. The first-order chi connectivity index (χ1) is 9.98. The largest absolute Gasteiger partial charge is 0.306 e. The van der Waals surface area contributed by atoms with Gasteiger partial charge in [0.25, 0.3) is 0 Å². The molecule has 3 heteroatoms. The lowest BCUT2D eigenvalue weighted by atomic mass is 10.1. The Balaban J connectivity index is 2.00. The minimum atomic E-state index is 0.116. The maximum Gasteiger partial charge on any atom is 0.0767 e. The monoisotopic (exact) mass is 285 g/mol. The molecule has 0 aliphatic carbocycles. The van der Waals surface area contributed by atoms with Gasteiger partial charge in [-0.25, -0.2) is 4.68 Å². The predicted molar refractivity (Wildman–Crippen MR) is 88.8 cm³/mol. The van der Waals surface area contributed by atoms with Crippen LogP contribution in [0.3, 0.4) is 0 Å². The van der Waals surface area contributed by atoms with Crippen LogP contribution in [0.15, 0.2) is 36.5 Å². The van der Waals surface area contributed by atoms with Crippen LogP contribution in [0.2, 0.25) is 0 Å². The van der Waals surface area contributed by atoms with Gasteiger partial charge in [-0.15, -0.1) is 0 Å². The van der Waals surface area contributed by atoms with Gasteiger partial charge < -0.3 is 5.32 Å². The highest BCUT2D eigenvalue weighted by Crippen LogP contribution is 2.12. The first kappa shape index (κ1) is 15.8. The molecule has 1 N–H and O–H groups in total. The van der Waals surface area contributed by atoms with Crippen LogP contribution in [-0.2, 0) is 13.0 Å². The Kier molecular flexibility index (Phi) is 5.18. The number of hydrogen-bond donors (Lipinski definition) is 1. The van der Waals surface area contributed by atoms with Crippen molar-refractivity contribution in [3.8, 4) is 5.69 Å². The summed E-state index contributed by atoms with van der Waals surface area (Å²) in [6, 6.07) is 10.8. The molecule has 1 aromatic carbocycles. The topological polar surface area (TPSA) is 29.9 Å². The van der Waals surface area contributed by atoms with Crippen molar-refractivity contribution in [1.82, 2.24) is 15.1 Å². The molecule has 3 nitrogen and oxygen atoms in total. The minimum absolute atomic E-state index is 0.116. The SMILES string of the molecule is CCCCc1ccc(-n2ccc(CNC(C)(C)C)n2)cc1. The highest BCUT2D eigenvalue weighted by molar-refractivity contribution is 5.34. The highest BCUT2D eigenvalue weighted by Gasteiger charge is 2.09. The average Bonchev–Trinajstić information content (AvgIpc) is 2.92. The van der Waals surface area contributed by atoms with Crippen molar-refractivity contribution in [3.05, 3.63) is 47.8 Å². The first-order valence-electron chi connectivity index (χ1n) is 7.87. The van der Waals surface area contributed by atoms with Crippen molar-refractivity contribution < 1.29 is 0 Å². The van der Waals surface area contributed by atoms with E-state index >= 15 is 0 Å². The number of hydrogen-bond acceptors (Lipinski definition) is 2. The molecule has 0 aliphatic heterocycles. The van der Waals surface area contributed by atoms with Gasteiger partial charge in [0.05, 0.1) is 11.4 Å². The van der Waals surface area contributed by atoms with Gasteiger partial charge in [-0.05, 0) is 57.4 Å². The van der Waals surface area contributed by atoms with E-state index in [2.05, 4.69) is 68.4 Å². The van der Waals surface area contributed by atoms with E-state index in [4.69, 9.17) is 0 Å². The lowest BCUT2D eigenvalue weighted by Gasteiger charge is -2.19. The van der Waals surface area contributed by atoms with Crippen LogP contribution in [0.1, 0.15) is 51.8 Å². The fourth-order valence-electron chi connectivity index (χ4n) is 2.15. The van der Waals surface area contributed by atoms with Crippen LogP contribution >= 0.6 is 0 Å². The van der Waals surface area contributed by atoms with E-state index < -0.39 is 0 Å². The fraction of sp³-hybridized carbons (Fsp3) is 0.500. The molecule has 21 heavy (non-hydrogen) atoms. The quantitative estimate of drug-likeness (QED) is 0.866. The normalized spacial score (nSPS) is 11.8. The Hall–Kier alpha value is -1.61. The van der Waals surface area contributed by atoms with Gasteiger partial charge in [0.15, 0.2) is 0 Å². The number of aryl methyl sites for hydroxylation is 1. The molecule has 0 radical (unpaired) electrons. The second-order valence-corrected chi connectivity index (χ2v) is 6.63. The third-order valence-electron chi connectivity index (χ3n) is 3.46. The third kappa shape index (κ3) is 5.01. The predicted octanol–water partition coefficient (Wildman–Crippen LogP) is 4.10. The molecule has 0 saturated carbocycles. The number of rotatable bonds is 6. The molecule has 2 rings (SSSR count). The Morgan fingerprint density at radius 2 is 1.81 bits per heavy atom. The molecule has 1 aromatic heterocycles. The summed E-state index contributed by atoms with van der Waals surface area (Å²) in [5.41, 5.74) is 3.71. The number of aromatic nitrogens is 2. The van der Waals surface area contributed by atoms with Gasteiger partial charge in [-0.2, -0.15) is 5.10 Å². The summed E-state index contributed by atoms with van der Waals surface area (Å²) in [5, 5.41) is 8.09. The number of nitrogens with zero attached hydrogens (tertiary/aromatic N) is 2. The zero-order valence-electron chi connectivity index (χ0n) is 13.7. The molecular weight excluding hydrogens is 258 g/mol. The number of benzene rings is 1. The Morgan fingerprint density at radius 3 is 2.43 bits per heavy atom. The number of unbranched alkanes of at least 4 members (excludes halogenated alkanes) is 1. The number of nitrogens with one attached hydrogen (secondary N) is 1. The van der Waals surface area contributed by atoms with Gasteiger partial charge in [0.2, 0.25) is 0 Å². The fourth-order valence-corrected chi connectivity index (χ4v) is 2.15. The molecule has 0 unspecified atom stereocenters. The highest BCUT2D eigenvalue weighted by atomic mass is 15.3. The Morgan fingerprint density at radius 1 is 1.10 bits per heavy atom. The van der Waals surface area contributed by atoms with Crippen molar-refractivity contribution in [1.29, 1.82) is 0 Å². The van der Waals surface area contributed by atoms with E-state index in [1.54, 1.807) is 0 Å². The molecule has 0 fully saturated rings. The van der Waals surface area contributed by atoms with Crippen molar-refractivity contribution in [2.24, 2.45) is 0 Å². The van der Waals surface area contributed by atoms with Gasteiger partial charge in [-0.3, -0.25) is 0 Å². The van der Waals surface area contributed by atoms with Crippen LogP contribution in [0, 0.1) is 0 Å². The van der Waals surface area contributed by atoms with Crippen LogP contribution < -0.4 is 5.32 Å². The molecule has 0 aliphatic rings. The standard InChI is InChI=1S/C18H27N3/c1-5-6-7-15-8-10-17(11-9-15)21-13-12-16(20-21)14-19-18(2,3)4/h8-13,19H,5-7,14H2,1-4H3. The summed E-state index contributed by atoms with van der Waals surface area (Å²) in [7, 11) is 0. The smallest absolute Gasteiger partial charge is 0.0767 e. The maximum absolute atomic E-state index is 4.63. The molecule has 0 atom stereocenters. The van der Waals surface area contributed by atoms with E-state index in [-0.39, 0.29) is 5.54 Å². The van der Waals surface area contributed by atoms with Crippen LogP contribution in [0.25, 0.3) is 5.69 Å². The van der Waals surface area contributed by atoms with Crippen LogP contribution in [0.5, 0.6) is 0 Å². The first-order valence-corrected chi connectivity index (χ1v) is 7.87. The van der Waals surface area contributed by atoms with Crippen LogP contribution in [0.4, 0.5) is 0 Å². The van der Waals surface area contributed by atoms with E-state index in [0.29, 0.717) is 0 Å². The molecule has 1 heterocycles. The third-order valence-corrected chi connectivity index (χ3v) is 3.46. The second kappa shape index (κ2) is 6.90. The van der Waals surface area contributed by atoms with Crippen molar-refractivity contribution in [2.45, 2.75) is 59.0 Å². The summed E-state index contributed by atoms with van der Waals surface area (Å²) in [5.74, 6) is 0. The lowest BCUT2D eigenvalue weighted by molar-refractivity contribution is 0.420. The van der Waals surface area contributed by atoms with E-state index in [1.165, 1.54) is 18.4 Å². The summed E-state index contributed by atoms with van der Waals surface area (Å²) in [4.78, 5) is 0. The summed E-state index contributed by atoms with van der Waals surface area (Å²) < 4.78 is 1.95. The van der Waals surface area contributed by atoms with Crippen molar-refractivity contribution in [2.75, 3.05) is 0 Å². The van der Waals surface area contributed by atoms with Gasteiger partial charge in [-0.1, -0.05) is 25.5 Å². The summed E-state index contributed by atoms with van der Waals surface area (Å²) >= 11 is 0. The molecular formula is C18H27N3. The van der Waals surface area contributed by atoms with Gasteiger partial charge in [0.1, 0.15) is 0 Å². The molecule has 0 saturated heterocycles. The molecule has 0 spiro atoms. The molecule has 0 bridgehead atoms. The molecule has 2 aromatic rings. The van der Waals surface area contributed by atoms with Gasteiger partial charge >= 0.3 is 0 Å². The summed E-state index contributed by atoms with van der Waals surface area (Å²) in [6.07, 6.45) is 5.69. The zero-order chi connectivity index (χ0) is 15.3. The minimum Gasteiger partial charge on any atom is -0.306 e. The van der Waals surface area contributed by atoms with E-state index in [9.17, 15) is 0 Å². The molecule has 0 amide bonds. The Bertz CT molecular complexity index is 547. The van der Waals surface area contributed by atoms with Gasteiger partial charge in [0, 0.05) is 18.3 Å². The molecule has 114 valence electrons. The second-order valence-electron chi connectivity index (χ2n) is 6.63. The maximum atomic E-state index is 4.63.